The van der Waals surface area contributed by atoms with Crippen LogP contribution in [0.1, 0.15) is 59.3 Å². The Hall–Kier alpha value is -3.17. The lowest BCUT2D eigenvalue weighted by molar-refractivity contribution is -0.153. The van der Waals surface area contributed by atoms with Crippen molar-refractivity contribution in [2.45, 2.75) is 89.1 Å². The van der Waals surface area contributed by atoms with Crippen LogP contribution in [0.3, 0.4) is 0 Å². The molecule has 232 valence electrons. The molecule has 1 spiro atoms. The number of amides is 3. The Morgan fingerprint density at radius 2 is 1.74 bits per heavy atom. The van der Waals surface area contributed by atoms with Gasteiger partial charge in [-0.2, -0.15) is 0 Å². The van der Waals surface area contributed by atoms with Gasteiger partial charge in [0.25, 0.3) is 0 Å². The Morgan fingerprint density at radius 1 is 1.00 bits per heavy atom. The second kappa shape index (κ2) is 12.1. The summed E-state index contributed by atoms with van der Waals surface area (Å²) < 4.78 is 12.4. The molecule has 9 nitrogen and oxygen atoms in total. The predicted molar refractivity (Wildman–Crippen MR) is 162 cm³/mol. The van der Waals surface area contributed by atoms with Crippen LogP contribution in [-0.4, -0.2) is 88.8 Å². The molecule has 7 atom stereocenters. The van der Waals surface area contributed by atoms with Crippen molar-refractivity contribution in [3.05, 3.63) is 48.6 Å². The number of aliphatic hydroxyl groups excluding tert-OH is 1. The number of likely N-dealkylation sites (tertiary alicyclic amines) is 1. The summed E-state index contributed by atoms with van der Waals surface area (Å²) in [6, 6.07) is 6.00. The van der Waals surface area contributed by atoms with Crippen LogP contribution in [0.5, 0.6) is 5.75 Å². The smallest absolute Gasteiger partial charge is 0.249 e. The maximum absolute atomic E-state index is 14.7. The second-order valence-corrected chi connectivity index (χ2v) is 12.7. The first-order valence-corrected chi connectivity index (χ1v) is 16.2. The van der Waals surface area contributed by atoms with Gasteiger partial charge in [0.2, 0.25) is 17.7 Å². The van der Waals surface area contributed by atoms with Gasteiger partial charge in [-0.25, -0.2) is 0 Å². The van der Waals surface area contributed by atoms with Crippen molar-refractivity contribution < 1.29 is 29.0 Å². The van der Waals surface area contributed by atoms with Crippen LogP contribution in [0, 0.1) is 17.8 Å². The van der Waals surface area contributed by atoms with Crippen molar-refractivity contribution in [2.75, 3.05) is 31.2 Å². The lowest BCUT2D eigenvalue weighted by Crippen LogP contribution is -2.60. The molecule has 1 saturated carbocycles. The number of hydrogen-bond donors (Lipinski definition) is 1. The van der Waals surface area contributed by atoms with E-state index in [1.807, 2.05) is 74.2 Å². The van der Waals surface area contributed by atoms with Crippen LogP contribution < -0.4 is 9.64 Å². The molecule has 43 heavy (non-hydrogen) atoms. The molecule has 6 rings (SSSR count). The van der Waals surface area contributed by atoms with Crippen molar-refractivity contribution >= 4 is 23.4 Å². The van der Waals surface area contributed by atoms with Gasteiger partial charge in [-0.1, -0.05) is 63.8 Å². The van der Waals surface area contributed by atoms with Crippen molar-refractivity contribution in [1.29, 1.82) is 0 Å². The maximum atomic E-state index is 14.7. The molecule has 4 aliphatic heterocycles. The third-order valence-corrected chi connectivity index (χ3v) is 10.4. The van der Waals surface area contributed by atoms with Crippen LogP contribution in [0.4, 0.5) is 5.69 Å². The molecular weight excluding hydrogens is 546 g/mol. The van der Waals surface area contributed by atoms with Crippen molar-refractivity contribution in [3.63, 3.8) is 0 Å². The second-order valence-electron chi connectivity index (χ2n) is 12.7. The summed E-state index contributed by atoms with van der Waals surface area (Å²) in [5, 5.41) is 10.6. The fraction of sp³-hybridized carbons (Fsp3) is 0.618. The van der Waals surface area contributed by atoms with Crippen LogP contribution in [-0.2, 0) is 19.1 Å². The van der Waals surface area contributed by atoms with E-state index in [0.29, 0.717) is 25.4 Å². The predicted octanol–water partition coefficient (Wildman–Crippen LogP) is 3.71. The topological polar surface area (TPSA) is 99.6 Å². The Labute approximate surface area is 254 Å². The standard InChI is InChI=1S/C34H45N3O6/c1-4-22(3)26(21-38)37-30-33(41)36(23-11-7-6-8-12-23)20-10-18-34(30)29(32(37)40)28-27(43-34)13-9-19-35(31(28)39)24-14-16-25(17-15-24)42-5-2/h9-10,13-18,22-23,26-30,38H,4-8,11-12,19-21H2,1-3H3/t22-,26-,27-,28+,29-,30?,34-/m0/s1. The average molecular weight is 592 g/mol. The Bertz CT molecular complexity index is 1270. The van der Waals surface area contributed by atoms with Crippen LogP contribution >= 0.6 is 0 Å². The molecule has 1 aromatic carbocycles. The van der Waals surface area contributed by atoms with E-state index in [1.165, 1.54) is 6.42 Å². The molecule has 0 aromatic heterocycles. The van der Waals surface area contributed by atoms with Crippen molar-refractivity contribution in [3.8, 4) is 5.75 Å². The minimum Gasteiger partial charge on any atom is -0.494 e. The lowest BCUT2D eigenvalue weighted by atomic mass is 9.77. The number of carbonyl (C=O) groups is 3. The molecule has 1 aliphatic carbocycles. The molecule has 0 bridgehead atoms. The molecule has 4 heterocycles. The van der Waals surface area contributed by atoms with Gasteiger partial charge in [0, 0.05) is 24.8 Å². The van der Waals surface area contributed by atoms with Gasteiger partial charge in [-0.3, -0.25) is 14.4 Å². The Morgan fingerprint density at radius 3 is 2.42 bits per heavy atom. The molecule has 3 fully saturated rings. The molecule has 3 amide bonds. The zero-order valence-corrected chi connectivity index (χ0v) is 25.6. The van der Waals surface area contributed by atoms with Gasteiger partial charge >= 0.3 is 0 Å². The van der Waals surface area contributed by atoms with Crippen LogP contribution in [0.25, 0.3) is 0 Å². The molecule has 1 unspecified atom stereocenters. The maximum Gasteiger partial charge on any atom is 0.249 e. The van der Waals surface area contributed by atoms with E-state index in [2.05, 4.69) is 0 Å². The van der Waals surface area contributed by atoms with Gasteiger partial charge in [0.15, 0.2) is 0 Å². The lowest BCUT2D eigenvalue weighted by Gasteiger charge is -2.42. The molecular formula is C34H45N3O6. The van der Waals surface area contributed by atoms with Gasteiger partial charge in [-0.05, 0) is 49.9 Å². The first-order chi connectivity index (χ1) is 20.9. The highest BCUT2D eigenvalue weighted by Gasteiger charge is 2.73. The number of carbonyl (C=O) groups excluding carboxylic acids is 3. The summed E-state index contributed by atoms with van der Waals surface area (Å²) in [6.45, 7) is 7.03. The van der Waals surface area contributed by atoms with Gasteiger partial charge in [-0.15, -0.1) is 0 Å². The minimum absolute atomic E-state index is 0.0473. The zero-order chi connectivity index (χ0) is 30.3. The summed E-state index contributed by atoms with van der Waals surface area (Å²) in [4.78, 5) is 49.1. The molecule has 2 saturated heterocycles. The van der Waals surface area contributed by atoms with Crippen molar-refractivity contribution in [1.82, 2.24) is 9.80 Å². The highest BCUT2D eigenvalue weighted by atomic mass is 16.5. The Balaban J connectivity index is 1.41. The van der Waals surface area contributed by atoms with Crippen LogP contribution in [0.15, 0.2) is 48.6 Å². The largest absolute Gasteiger partial charge is 0.494 e. The SMILES string of the molecule is CCOc1ccc(N2CC=C[C@@H]3O[C@]45C=CCN(C6CCCCC6)C(=O)C4N([C@@H](CO)[C@@H](C)CC)C(=O)[C@@H]5[C@@H]3C2=O)cc1. The molecule has 1 aromatic rings. The third kappa shape index (κ3) is 4.89. The summed E-state index contributed by atoms with van der Waals surface area (Å²) >= 11 is 0. The monoisotopic (exact) mass is 591 g/mol. The van der Waals surface area contributed by atoms with E-state index in [9.17, 15) is 19.5 Å². The number of hydrogen-bond acceptors (Lipinski definition) is 6. The summed E-state index contributed by atoms with van der Waals surface area (Å²) in [6.07, 6.45) is 13.0. The normalized spacial score (nSPS) is 32.3. The fourth-order valence-electron chi connectivity index (χ4n) is 8.11. The highest BCUT2D eigenvalue weighted by Crippen LogP contribution is 2.54. The van der Waals surface area contributed by atoms with Crippen molar-refractivity contribution in [2.24, 2.45) is 17.8 Å². The minimum atomic E-state index is -1.30. The Kier molecular flexibility index (Phi) is 8.39. The van der Waals surface area contributed by atoms with E-state index in [-0.39, 0.29) is 36.3 Å². The van der Waals surface area contributed by atoms with E-state index in [0.717, 1.165) is 37.9 Å². The fourth-order valence-corrected chi connectivity index (χ4v) is 8.11. The molecule has 0 radical (unpaired) electrons. The van der Waals surface area contributed by atoms with Gasteiger partial charge in [0.05, 0.1) is 37.2 Å². The average Bonchev–Trinajstić information content (AvgIpc) is 3.34. The quantitative estimate of drug-likeness (QED) is 0.463. The molecule has 5 aliphatic rings. The van der Waals surface area contributed by atoms with Gasteiger partial charge in [0.1, 0.15) is 17.4 Å². The number of nitrogens with zero attached hydrogens (tertiary/aromatic N) is 3. The zero-order valence-electron chi connectivity index (χ0n) is 25.6. The number of aliphatic hydroxyl groups is 1. The number of anilines is 1. The van der Waals surface area contributed by atoms with E-state index in [1.54, 1.807) is 9.80 Å². The first kappa shape index (κ1) is 29.9. The molecule has 1 N–H and O–H groups in total. The van der Waals surface area contributed by atoms with Gasteiger partial charge < -0.3 is 29.3 Å². The third-order valence-electron chi connectivity index (χ3n) is 10.4. The molecule has 9 heteroatoms. The van der Waals surface area contributed by atoms with Crippen LogP contribution in [0.2, 0.25) is 0 Å². The highest BCUT2D eigenvalue weighted by molar-refractivity contribution is 6.04. The first-order valence-electron chi connectivity index (χ1n) is 16.2. The number of fused-ring (bicyclic) bond motifs is 2. The summed E-state index contributed by atoms with van der Waals surface area (Å²) in [7, 11) is 0. The number of rotatable bonds is 8. The number of ether oxygens (including phenoxy) is 2. The summed E-state index contributed by atoms with van der Waals surface area (Å²) in [5.74, 6) is -1.63. The van der Waals surface area contributed by atoms with E-state index in [4.69, 9.17) is 9.47 Å². The number of benzene rings is 1. The van der Waals surface area contributed by atoms with E-state index >= 15 is 0 Å². The van der Waals surface area contributed by atoms with E-state index < -0.39 is 35.6 Å². The summed E-state index contributed by atoms with van der Waals surface area (Å²) in [5.41, 5.74) is -0.585.